The molecule has 1 aliphatic heterocycles. The average Bonchev–Trinajstić information content (AvgIpc) is 3.16. The highest BCUT2D eigenvalue weighted by Gasteiger charge is 2.39. The number of phenols is 1. The van der Waals surface area contributed by atoms with Crippen LogP contribution in [0.4, 0.5) is 5.69 Å². The van der Waals surface area contributed by atoms with Crippen molar-refractivity contribution in [3.05, 3.63) is 33.9 Å². The minimum atomic E-state index is -0.565. The number of rotatable bonds is 5. The maximum Gasteiger partial charge on any atom is 0.311 e. The Morgan fingerprint density at radius 3 is 2.90 bits per heavy atom. The van der Waals surface area contributed by atoms with Crippen LogP contribution in [-0.2, 0) is 11.3 Å². The van der Waals surface area contributed by atoms with Gasteiger partial charge in [-0.2, -0.15) is 0 Å². The fourth-order valence-electron chi connectivity index (χ4n) is 2.84. The Morgan fingerprint density at radius 1 is 1.40 bits per heavy atom. The summed E-state index contributed by atoms with van der Waals surface area (Å²) in [4.78, 5) is 10.2. The largest absolute Gasteiger partial charge is 0.502 e. The lowest BCUT2D eigenvalue weighted by Gasteiger charge is -2.18. The monoisotopic (exact) mass is 278 g/mol. The summed E-state index contributed by atoms with van der Waals surface area (Å²) in [5, 5.41) is 23.6. The highest BCUT2D eigenvalue weighted by atomic mass is 16.6. The molecule has 1 saturated heterocycles. The third kappa shape index (κ3) is 2.76. The molecule has 6 heteroatoms. The van der Waals surface area contributed by atoms with Crippen LogP contribution in [0.3, 0.4) is 0 Å². The van der Waals surface area contributed by atoms with E-state index in [1.165, 1.54) is 25.0 Å². The van der Waals surface area contributed by atoms with Gasteiger partial charge in [-0.15, -0.1) is 0 Å². The van der Waals surface area contributed by atoms with Gasteiger partial charge in [0.05, 0.1) is 18.1 Å². The number of nitro benzene ring substituents is 1. The first-order valence-corrected chi connectivity index (χ1v) is 6.92. The second kappa shape index (κ2) is 5.38. The molecular formula is C14H18N2O4. The summed E-state index contributed by atoms with van der Waals surface area (Å²) in [7, 11) is 0. The number of nitro groups is 1. The Hall–Kier alpha value is -1.66. The van der Waals surface area contributed by atoms with Crippen molar-refractivity contribution in [2.75, 3.05) is 13.2 Å². The van der Waals surface area contributed by atoms with Gasteiger partial charge in [-0.3, -0.25) is 10.1 Å². The van der Waals surface area contributed by atoms with Crippen molar-refractivity contribution >= 4 is 5.69 Å². The predicted octanol–water partition coefficient (Wildman–Crippen LogP) is 1.81. The van der Waals surface area contributed by atoms with Gasteiger partial charge >= 0.3 is 5.69 Å². The molecule has 2 aliphatic rings. The van der Waals surface area contributed by atoms with Crippen LogP contribution < -0.4 is 5.32 Å². The van der Waals surface area contributed by atoms with Crippen LogP contribution in [0.25, 0.3) is 0 Å². The molecule has 0 aromatic heterocycles. The number of hydrogen-bond donors (Lipinski definition) is 2. The standard InChI is InChI=1S/C14H18N2O4/c17-14-4-1-9(5-13(14)16(18)19)6-15-12-8-20-7-11(12)10-2-3-10/h1,4-5,10-12,15,17H,2-3,6-8H2. The lowest BCUT2D eigenvalue weighted by molar-refractivity contribution is -0.385. The highest BCUT2D eigenvalue weighted by molar-refractivity contribution is 5.47. The number of ether oxygens (including phenoxy) is 1. The molecule has 20 heavy (non-hydrogen) atoms. The van der Waals surface area contributed by atoms with Crippen LogP contribution >= 0.6 is 0 Å². The Labute approximate surface area is 116 Å². The van der Waals surface area contributed by atoms with Gasteiger partial charge in [-0.05, 0) is 30.4 Å². The van der Waals surface area contributed by atoms with Crippen molar-refractivity contribution in [1.29, 1.82) is 0 Å². The summed E-state index contributed by atoms with van der Waals surface area (Å²) in [6, 6.07) is 4.83. The maximum absolute atomic E-state index is 10.8. The number of nitrogens with zero attached hydrogens (tertiary/aromatic N) is 1. The van der Waals surface area contributed by atoms with Crippen molar-refractivity contribution in [2.45, 2.75) is 25.4 Å². The minimum absolute atomic E-state index is 0.245. The van der Waals surface area contributed by atoms with Gasteiger partial charge in [-0.1, -0.05) is 6.07 Å². The second-order valence-corrected chi connectivity index (χ2v) is 5.61. The average molecular weight is 278 g/mol. The van der Waals surface area contributed by atoms with Crippen LogP contribution in [-0.4, -0.2) is 29.3 Å². The maximum atomic E-state index is 10.8. The molecule has 1 aromatic rings. The van der Waals surface area contributed by atoms with Crippen LogP contribution in [0.5, 0.6) is 5.75 Å². The number of nitrogens with one attached hydrogen (secondary N) is 1. The van der Waals surface area contributed by atoms with E-state index in [-0.39, 0.29) is 11.4 Å². The molecule has 2 N–H and O–H groups in total. The number of aromatic hydroxyl groups is 1. The normalized spacial score (nSPS) is 25.8. The molecule has 0 bridgehead atoms. The molecule has 1 saturated carbocycles. The molecule has 3 rings (SSSR count). The summed E-state index contributed by atoms with van der Waals surface area (Å²) in [5.41, 5.74) is 0.557. The summed E-state index contributed by atoms with van der Waals surface area (Å²) >= 11 is 0. The van der Waals surface area contributed by atoms with E-state index in [4.69, 9.17) is 4.74 Å². The Kier molecular flexibility index (Phi) is 3.58. The van der Waals surface area contributed by atoms with Gasteiger partial charge in [0.25, 0.3) is 0 Å². The zero-order chi connectivity index (χ0) is 14.1. The van der Waals surface area contributed by atoms with Crippen LogP contribution in [0, 0.1) is 22.0 Å². The Bertz CT molecular complexity index is 516. The smallest absolute Gasteiger partial charge is 0.311 e. The SMILES string of the molecule is O=[N+]([O-])c1cc(CNC2COCC2C2CC2)ccc1O. The van der Waals surface area contributed by atoms with E-state index >= 15 is 0 Å². The molecule has 0 radical (unpaired) electrons. The number of benzene rings is 1. The fraction of sp³-hybridized carbons (Fsp3) is 0.571. The van der Waals surface area contributed by atoms with Crippen LogP contribution in [0.15, 0.2) is 18.2 Å². The van der Waals surface area contributed by atoms with E-state index in [1.54, 1.807) is 6.07 Å². The minimum Gasteiger partial charge on any atom is -0.502 e. The van der Waals surface area contributed by atoms with E-state index in [0.717, 1.165) is 18.1 Å². The second-order valence-electron chi connectivity index (χ2n) is 5.61. The molecule has 1 aromatic carbocycles. The lowest BCUT2D eigenvalue weighted by Crippen LogP contribution is -2.36. The molecule has 1 aliphatic carbocycles. The molecule has 108 valence electrons. The first-order valence-electron chi connectivity index (χ1n) is 6.92. The van der Waals surface area contributed by atoms with Crippen molar-refractivity contribution < 1.29 is 14.8 Å². The third-order valence-corrected chi connectivity index (χ3v) is 4.16. The first-order chi connectivity index (χ1) is 9.65. The zero-order valence-corrected chi connectivity index (χ0v) is 11.1. The topological polar surface area (TPSA) is 84.6 Å². The first kappa shape index (κ1) is 13.3. The zero-order valence-electron chi connectivity index (χ0n) is 11.1. The number of hydrogen-bond acceptors (Lipinski definition) is 5. The molecule has 1 heterocycles. The van der Waals surface area contributed by atoms with Crippen molar-refractivity contribution in [1.82, 2.24) is 5.32 Å². The molecule has 0 amide bonds. The summed E-state index contributed by atoms with van der Waals surface area (Å²) in [6.07, 6.45) is 2.58. The van der Waals surface area contributed by atoms with Crippen molar-refractivity contribution in [2.24, 2.45) is 11.8 Å². The van der Waals surface area contributed by atoms with Crippen LogP contribution in [0.1, 0.15) is 18.4 Å². The lowest BCUT2D eigenvalue weighted by atomic mass is 9.98. The summed E-state index contributed by atoms with van der Waals surface area (Å²) in [6.45, 7) is 2.08. The van der Waals surface area contributed by atoms with Gasteiger partial charge in [-0.25, -0.2) is 0 Å². The van der Waals surface area contributed by atoms with E-state index in [9.17, 15) is 15.2 Å². The number of phenolic OH excluding ortho intramolecular Hbond substituents is 1. The van der Waals surface area contributed by atoms with Gasteiger partial charge in [0, 0.05) is 24.6 Å². The summed E-state index contributed by atoms with van der Waals surface area (Å²) in [5.74, 6) is 1.06. The Morgan fingerprint density at radius 2 is 2.20 bits per heavy atom. The quantitative estimate of drug-likeness (QED) is 0.634. The van der Waals surface area contributed by atoms with Crippen LogP contribution in [0.2, 0.25) is 0 Å². The van der Waals surface area contributed by atoms with Crippen molar-refractivity contribution in [3.63, 3.8) is 0 Å². The third-order valence-electron chi connectivity index (χ3n) is 4.16. The van der Waals surface area contributed by atoms with E-state index in [0.29, 0.717) is 25.1 Å². The molecule has 2 unspecified atom stereocenters. The highest BCUT2D eigenvalue weighted by Crippen LogP contribution is 2.40. The Balaban J connectivity index is 1.63. The molecule has 6 nitrogen and oxygen atoms in total. The van der Waals surface area contributed by atoms with Gasteiger partial charge < -0.3 is 15.2 Å². The van der Waals surface area contributed by atoms with Gasteiger partial charge in [0.1, 0.15) is 0 Å². The molecule has 0 spiro atoms. The van der Waals surface area contributed by atoms with Crippen molar-refractivity contribution in [3.8, 4) is 5.75 Å². The molecule has 2 fully saturated rings. The molecular weight excluding hydrogens is 260 g/mol. The predicted molar refractivity (Wildman–Crippen MR) is 72.4 cm³/mol. The van der Waals surface area contributed by atoms with E-state index < -0.39 is 4.92 Å². The van der Waals surface area contributed by atoms with E-state index in [2.05, 4.69) is 5.32 Å². The van der Waals surface area contributed by atoms with Gasteiger partial charge in [0.15, 0.2) is 5.75 Å². The molecule has 2 atom stereocenters. The van der Waals surface area contributed by atoms with E-state index in [1.807, 2.05) is 0 Å². The van der Waals surface area contributed by atoms with Gasteiger partial charge in [0.2, 0.25) is 0 Å². The summed E-state index contributed by atoms with van der Waals surface area (Å²) < 4.78 is 5.53. The fourth-order valence-corrected chi connectivity index (χ4v) is 2.84.